The molecule has 0 saturated heterocycles. The number of hydrogen-bond donors (Lipinski definition) is 1. The molecule has 0 saturated carbocycles. The molecule has 12 rings (SSSR count). The first kappa shape index (κ1) is 37.2. The monoisotopic (exact) mass is 818 g/mol. The highest BCUT2D eigenvalue weighted by atomic mass is 15.1. The quantitative estimate of drug-likeness (QED) is 0.157. The summed E-state index contributed by atoms with van der Waals surface area (Å²) in [5.41, 5.74) is 17.0. The smallest absolute Gasteiger partial charge is 0.0561 e. The normalized spacial score (nSPS) is 11.4. The molecule has 0 aliphatic heterocycles. The zero-order chi connectivity index (χ0) is 42.4. The van der Waals surface area contributed by atoms with E-state index in [1.54, 1.807) is 0 Å². The van der Waals surface area contributed by atoms with Crippen LogP contribution in [0.5, 0.6) is 0 Å². The Kier molecular flexibility index (Phi) is 9.12. The Morgan fingerprint density at radius 1 is 0.297 bits per heavy atom. The van der Waals surface area contributed by atoms with Gasteiger partial charge in [-0.15, -0.1) is 0 Å². The molecule has 0 unspecified atom stereocenters. The second-order valence-electron chi connectivity index (χ2n) is 16.3. The number of hydrogen-bond acceptors (Lipinski definition) is 2. The maximum atomic E-state index is 3.61. The van der Waals surface area contributed by atoms with Gasteiger partial charge >= 0.3 is 0 Å². The average molecular weight is 819 g/mol. The van der Waals surface area contributed by atoms with E-state index in [1.807, 2.05) is 6.07 Å². The Morgan fingerprint density at radius 3 is 1.25 bits per heavy atom. The summed E-state index contributed by atoms with van der Waals surface area (Å²) in [5, 5.41) is 8.53. The van der Waals surface area contributed by atoms with Crippen molar-refractivity contribution in [3.05, 3.63) is 249 Å². The van der Waals surface area contributed by atoms with Crippen LogP contribution in [0.3, 0.4) is 0 Å². The fourth-order valence-corrected chi connectivity index (χ4v) is 9.52. The van der Waals surface area contributed by atoms with Gasteiger partial charge in [0.1, 0.15) is 0 Å². The third-order valence-electron chi connectivity index (χ3n) is 12.5. The van der Waals surface area contributed by atoms with Crippen molar-refractivity contribution in [3.63, 3.8) is 0 Å². The number of para-hydroxylation sites is 6. The number of nitrogens with one attached hydrogen (secondary N) is 1. The summed E-state index contributed by atoms with van der Waals surface area (Å²) in [6, 6.07) is 89.5. The minimum atomic E-state index is 1.07. The molecule has 0 aliphatic carbocycles. The molecular weight excluding hydrogens is 777 g/mol. The van der Waals surface area contributed by atoms with E-state index in [0.29, 0.717) is 0 Å². The summed E-state index contributed by atoms with van der Waals surface area (Å²) in [5.74, 6) is 0. The number of aromatic nitrogens is 2. The molecule has 4 nitrogen and oxygen atoms in total. The number of fused-ring (bicyclic) bond motifs is 6. The van der Waals surface area contributed by atoms with Crippen molar-refractivity contribution in [1.29, 1.82) is 0 Å². The van der Waals surface area contributed by atoms with Crippen LogP contribution in [0, 0.1) is 0 Å². The van der Waals surface area contributed by atoms with E-state index in [2.05, 4.69) is 262 Å². The van der Waals surface area contributed by atoms with Gasteiger partial charge in [-0.25, -0.2) is 0 Å². The molecule has 0 amide bonds. The van der Waals surface area contributed by atoms with E-state index in [1.165, 1.54) is 32.6 Å². The van der Waals surface area contributed by atoms with Gasteiger partial charge in [-0.3, -0.25) is 0 Å². The summed E-state index contributed by atoms with van der Waals surface area (Å²) >= 11 is 0. The van der Waals surface area contributed by atoms with Crippen molar-refractivity contribution in [2.45, 2.75) is 0 Å². The largest absolute Gasteiger partial charge is 0.355 e. The topological polar surface area (TPSA) is 25.1 Å². The first-order chi connectivity index (χ1) is 31.7. The van der Waals surface area contributed by atoms with Crippen molar-refractivity contribution < 1.29 is 0 Å². The lowest BCUT2D eigenvalue weighted by Crippen LogP contribution is -2.10. The predicted octanol–water partition coefficient (Wildman–Crippen LogP) is 16.4. The van der Waals surface area contributed by atoms with E-state index in [9.17, 15) is 0 Å². The van der Waals surface area contributed by atoms with Crippen LogP contribution >= 0.6 is 0 Å². The molecule has 0 aliphatic rings. The van der Waals surface area contributed by atoms with Crippen LogP contribution in [0.4, 0.5) is 28.4 Å². The molecule has 1 N–H and O–H groups in total. The van der Waals surface area contributed by atoms with Crippen molar-refractivity contribution in [1.82, 2.24) is 9.13 Å². The lowest BCUT2D eigenvalue weighted by molar-refractivity contribution is 1.17. The summed E-state index contributed by atoms with van der Waals surface area (Å²) in [4.78, 5) is 2.41. The Bertz CT molecular complexity index is 3450. The summed E-state index contributed by atoms with van der Waals surface area (Å²) in [6.45, 7) is 0. The van der Waals surface area contributed by atoms with Gasteiger partial charge < -0.3 is 19.4 Å². The fraction of sp³-hybridized carbons (Fsp3) is 0. The Balaban J connectivity index is 0.988. The van der Waals surface area contributed by atoms with Crippen molar-refractivity contribution in [2.24, 2.45) is 0 Å². The van der Waals surface area contributed by atoms with Crippen LogP contribution in [0.25, 0.3) is 77.2 Å². The predicted molar refractivity (Wildman–Crippen MR) is 270 cm³/mol. The van der Waals surface area contributed by atoms with Gasteiger partial charge in [0, 0.05) is 66.9 Å². The Morgan fingerprint density at radius 2 is 0.703 bits per heavy atom. The highest BCUT2D eigenvalue weighted by Gasteiger charge is 2.20. The number of benzene rings is 10. The van der Waals surface area contributed by atoms with Crippen LogP contribution in [0.15, 0.2) is 249 Å². The van der Waals surface area contributed by atoms with E-state index in [0.717, 1.165) is 73.1 Å². The van der Waals surface area contributed by atoms with Gasteiger partial charge in [0.2, 0.25) is 0 Å². The molecule has 4 heteroatoms. The van der Waals surface area contributed by atoms with E-state index in [4.69, 9.17) is 0 Å². The van der Waals surface area contributed by atoms with Gasteiger partial charge in [0.25, 0.3) is 0 Å². The van der Waals surface area contributed by atoms with Crippen LogP contribution in [0.2, 0.25) is 0 Å². The van der Waals surface area contributed by atoms with Crippen LogP contribution in [-0.4, -0.2) is 9.13 Å². The molecule has 2 heterocycles. The minimum absolute atomic E-state index is 1.07. The second kappa shape index (κ2) is 15.7. The maximum Gasteiger partial charge on any atom is 0.0561 e. The standard InChI is InChI=1S/C60H42N4/c1-4-16-45(17-5-1)61-56-25-13-10-22-51(56)44-30-28-42(29-31-44)43-32-34-48(35-33-43)62(49-36-38-54-52-23-11-14-26-57(52)63(59(54)40-49)46-18-6-2-7-19-46)50-37-39-55-53-24-12-15-27-58(53)64(60(55)41-50)47-20-8-3-9-21-47/h1-41,61H. The number of rotatable bonds is 9. The molecule has 0 bridgehead atoms. The molecule has 0 fully saturated rings. The minimum Gasteiger partial charge on any atom is -0.355 e. The van der Waals surface area contributed by atoms with Gasteiger partial charge in [0.15, 0.2) is 0 Å². The molecule has 2 aromatic heterocycles. The van der Waals surface area contributed by atoms with Crippen LogP contribution in [-0.2, 0) is 0 Å². The van der Waals surface area contributed by atoms with Crippen LogP contribution < -0.4 is 10.2 Å². The highest BCUT2D eigenvalue weighted by molar-refractivity contribution is 6.12. The zero-order valence-corrected chi connectivity index (χ0v) is 35.0. The van der Waals surface area contributed by atoms with E-state index >= 15 is 0 Å². The molecule has 12 aromatic rings. The van der Waals surface area contributed by atoms with Crippen molar-refractivity contribution >= 4 is 72.0 Å². The lowest BCUT2D eigenvalue weighted by atomic mass is 9.99. The fourth-order valence-electron chi connectivity index (χ4n) is 9.52. The maximum absolute atomic E-state index is 3.61. The highest BCUT2D eigenvalue weighted by Crippen LogP contribution is 2.43. The van der Waals surface area contributed by atoms with Gasteiger partial charge in [-0.2, -0.15) is 0 Å². The van der Waals surface area contributed by atoms with Crippen molar-refractivity contribution in [2.75, 3.05) is 10.2 Å². The third kappa shape index (κ3) is 6.48. The molecule has 302 valence electrons. The van der Waals surface area contributed by atoms with Gasteiger partial charge in [-0.05, 0) is 108 Å². The molecule has 64 heavy (non-hydrogen) atoms. The second-order valence-corrected chi connectivity index (χ2v) is 16.3. The van der Waals surface area contributed by atoms with E-state index in [-0.39, 0.29) is 0 Å². The SMILES string of the molecule is c1ccc(Nc2ccccc2-c2ccc(-c3ccc(N(c4ccc5c6ccccc6n(-c6ccccc6)c5c4)c4ccc5c6ccccc6n(-c6ccccc6)c5c4)cc3)cc2)cc1. The summed E-state index contributed by atoms with van der Waals surface area (Å²) in [6.07, 6.45) is 0. The van der Waals surface area contributed by atoms with E-state index < -0.39 is 0 Å². The zero-order valence-electron chi connectivity index (χ0n) is 35.0. The summed E-state index contributed by atoms with van der Waals surface area (Å²) < 4.78 is 4.79. The third-order valence-corrected chi connectivity index (χ3v) is 12.5. The molecule has 10 aromatic carbocycles. The Labute approximate surface area is 372 Å². The first-order valence-electron chi connectivity index (χ1n) is 21.8. The average Bonchev–Trinajstić information content (AvgIpc) is 3.88. The molecule has 0 atom stereocenters. The molecular formula is C60H42N4. The van der Waals surface area contributed by atoms with Gasteiger partial charge in [0.05, 0.1) is 22.1 Å². The summed E-state index contributed by atoms with van der Waals surface area (Å²) in [7, 11) is 0. The first-order valence-corrected chi connectivity index (χ1v) is 21.8. The lowest BCUT2D eigenvalue weighted by Gasteiger charge is -2.26. The number of nitrogens with zero attached hydrogens (tertiary/aromatic N) is 3. The van der Waals surface area contributed by atoms with Gasteiger partial charge in [-0.1, -0.05) is 158 Å². The van der Waals surface area contributed by atoms with Crippen molar-refractivity contribution in [3.8, 4) is 33.6 Å². The number of anilines is 5. The Hall–Kier alpha value is -8.60. The van der Waals surface area contributed by atoms with Crippen LogP contribution in [0.1, 0.15) is 0 Å². The molecule has 0 radical (unpaired) electrons. The molecule has 0 spiro atoms.